The molecule has 9 aromatic carbocycles. The molecule has 10 rings (SSSR count). The molecule has 0 amide bonds. The van der Waals surface area contributed by atoms with E-state index in [1.54, 1.807) is 12.1 Å². The Balaban J connectivity index is 1.31. The van der Waals surface area contributed by atoms with E-state index in [-0.39, 0.29) is 0 Å². The molecule has 9 aromatic rings. The maximum Gasteiger partial charge on any atom is 0.416 e. The molecule has 3 nitrogen and oxygen atoms in total. The highest BCUT2D eigenvalue weighted by Crippen LogP contribution is 2.53. The number of halogens is 3. The van der Waals surface area contributed by atoms with E-state index in [1.165, 1.54) is 0 Å². The monoisotopic (exact) mass is 751 g/mol. The Morgan fingerprint density at radius 2 is 0.983 bits per heavy atom. The number of aryl methyl sites for hydroxylation is 2. The van der Waals surface area contributed by atoms with Gasteiger partial charge in [0.05, 0.1) is 35.4 Å². The Hall–Kier alpha value is -7.72. The van der Waals surface area contributed by atoms with Crippen LogP contribution in [-0.2, 0) is 6.18 Å². The van der Waals surface area contributed by atoms with Crippen molar-refractivity contribution in [2.45, 2.75) is 20.0 Å². The van der Waals surface area contributed by atoms with Gasteiger partial charge in [-0.15, -0.1) is 0 Å². The summed E-state index contributed by atoms with van der Waals surface area (Å²) in [4.78, 5) is 3.78. The second-order valence-corrected chi connectivity index (χ2v) is 15.0. The lowest BCUT2D eigenvalue weighted by atomic mass is 9.84. The van der Waals surface area contributed by atoms with Crippen LogP contribution in [0.5, 0.6) is 0 Å². The molecule has 0 N–H and O–H groups in total. The van der Waals surface area contributed by atoms with Crippen molar-refractivity contribution in [3.8, 4) is 67.8 Å². The van der Waals surface area contributed by atoms with Crippen LogP contribution in [0.15, 0.2) is 133 Å². The molecule has 0 saturated heterocycles. The van der Waals surface area contributed by atoms with Crippen LogP contribution in [0.4, 0.5) is 18.9 Å². The molecule has 0 spiro atoms. The minimum Gasteiger partial charge on any atom is -0.238 e. The molecule has 58 heavy (non-hydrogen) atoms. The molecule has 1 aliphatic carbocycles. The summed E-state index contributed by atoms with van der Waals surface area (Å²) >= 11 is 0. The quantitative estimate of drug-likeness (QED) is 0.133. The topological polar surface area (TPSA) is 51.9 Å². The lowest BCUT2D eigenvalue weighted by Crippen LogP contribution is -2.04. The molecule has 6 heteroatoms. The Morgan fingerprint density at radius 3 is 1.57 bits per heavy atom. The molecule has 0 aliphatic heterocycles. The Bertz CT molecular complexity index is 3430. The fourth-order valence-electron chi connectivity index (χ4n) is 9.06. The van der Waals surface area contributed by atoms with Crippen LogP contribution >= 0.6 is 0 Å². The number of hydrogen-bond donors (Lipinski definition) is 0. The maximum atomic E-state index is 13.5. The van der Waals surface area contributed by atoms with E-state index < -0.39 is 11.7 Å². The zero-order chi connectivity index (χ0) is 40.0. The van der Waals surface area contributed by atoms with Crippen molar-refractivity contribution in [1.82, 2.24) is 0 Å². The number of hydrogen-bond acceptors (Lipinski definition) is 2. The van der Waals surface area contributed by atoms with Gasteiger partial charge in [-0.25, -0.2) is 4.85 Å². The number of fused-ring (bicyclic) bond motifs is 8. The van der Waals surface area contributed by atoms with Gasteiger partial charge in [0.15, 0.2) is 5.69 Å². The summed E-state index contributed by atoms with van der Waals surface area (Å²) in [5.41, 5.74) is 12.7. The minimum absolute atomic E-state index is 0.530. The summed E-state index contributed by atoms with van der Waals surface area (Å²) in [5, 5.41) is 27.5. The van der Waals surface area contributed by atoms with E-state index in [1.807, 2.05) is 86.6 Å². The molecule has 0 fully saturated rings. The summed E-state index contributed by atoms with van der Waals surface area (Å²) in [7, 11) is 0. The zero-order valence-electron chi connectivity index (χ0n) is 31.2. The molecule has 0 heterocycles. The first kappa shape index (κ1) is 34.7. The molecular formula is C52H28F3N3. The SMILES string of the molecule is [C-]#[N+]c1ccc2c(c1)c(-c1ccc(C#N)cc1C)cc1c3cc4c(cc3c(-c3ccc(C#N)cc3C)cc21)-c1cccc2c(-c3ccc(C(F)(F)F)cc3)ccc-4c12. The van der Waals surface area contributed by atoms with E-state index >= 15 is 0 Å². The highest BCUT2D eigenvalue weighted by Gasteiger charge is 2.30. The van der Waals surface area contributed by atoms with Gasteiger partial charge in [-0.2, -0.15) is 23.7 Å². The summed E-state index contributed by atoms with van der Waals surface area (Å²) in [6.07, 6.45) is -4.42. The van der Waals surface area contributed by atoms with E-state index in [0.29, 0.717) is 22.4 Å². The number of rotatable bonds is 3. The van der Waals surface area contributed by atoms with Crippen molar-refractivity contribution < 1.29 is 13.2 Å². The average Bonchev–Trinajstić information content (AvgIpc) is 3.55. The smallest absolute Gasteiger partial charge is 0.238 e. The van der Waals surface area contributed by atoms with Crippen LogP contribution < -0.4 is 0 Å². The third-order valence-corrected chi connectivity index (χ3v) is 11.8. The van der Waals surface area contributed by atoms with Gasteiger partial charge in [0, 0.05) is 0 Å². The van der Waals surface area contributed by atoms with Gasteiger partial charge < -0.3 is 0 Å². The average molecular weight is 752 g/mol. The van der Waals surface area contributed by atoms with Crippen LogP contribution in [0, 0.1) is 43.1 Å². The van der Waals surface area contributed by atoms with Crippen LogP contribution in [0.1, 0.15) is 27.8 Å². The first-order valence-corrected chi connectivity index (χ1v) is 18.7. The molecular weight excluding hydrogens is 724 g/mol. The number of benzene rings is 9. The van der Waals surface area contributed by atoms with Gasteiger partial charge in [0.25, 0.3) is 0 Å². The predicted octanol–water partition coefficient (Wildman–Crippen LogP) is 14.9. The van der Waals surface area contributed by atoms with Gasteiger partial charge in [-0.3, -0.25) is 0 Å². The lowest BCUT2D eigenvalue weighted by molar-refractivity contribution is -0.137. The van der Waals surface area contributed by atoms with Crippen molar-refractivity contribution in [3.05, 3.63) is 173 Å². The van der Waals surface area contributed by atoms with Crippen molar-refractivity contribution in [3.63, 3.8) is 0 Å². The second kappa shape index (κ2) is 12.7. The number of nitriles is 2. The molecule has 0 aromatic heterocycles. The van der Waals surface area contributed by atoms with Crippen molar-refractivity contribution in [1.29, 1.82) is 10.5 Å². The van der Waals surface area contributed by atoms with E-state index in [2.05, 4.69) is 53.4 Å². The molecule has 0 saturated carbocycles. The van der Waals surface area contributed by atoms with Gasteiger partial charge >= 0.3 is 6.18 Å². The molecule has 0 radical (unpaired) electrons. The third kappa shape index (κ3) is 5.18. The molecule has 0 bridgehead atoms. The highest BCUT2D eigenvalue weighted by molar-refractivity contribution is 6.28. The van der Waals surface area contributed by atoms with E-state index in [9.17, 15) is 23.7 Å². The fraction of sp³-hybridized carbons (Fsp3) is 0.0577. The largest absolute Gasteiger partial charge is 0.416 e. The van der Waals surface area contributed by atoms with Crippen LogP contribution in [-0.4, -0.2) is 0 Å². The maximum absolute atomic E-state index is 13.5. The van der Waals surface area contributed by atoms with Crippen molar-refractivity contribution in [2.75, 3.05) is 0 Å². The molecule has 1 aliphatic rings. The summed E-state index contributed by atoms with van der Waals surface area (Å²) in [6, 6.07) is 46.4. The minimum atomic E-state index is -4.42. The van der Waals surface area contributed by atoms with Gasteiger partial charge in [0.2, 0.25) is 0 Å². The first-order chi connectivity index (χ1) is 28.1. The second-order valence-electron chi connectivity index (χ2n) is 15.0. The third-order valence-electron chi connectivity index (χ3n) is 11.8. The molecule has 272 valence electrons. The summed E-state index contributed by atoms with van der Waals surface area (Å²) in [6.45, 7) is 11.9. The van der Waals surface area contributed by atoms with Gasteiger partial charge in [0.1, 0.15) is 0 Å². The Kier molecular flexibility index (Phi) is 7.58. The number of nitrogens with zero attached hydrogens (tertiary/aromatic N) is 3. The van der Waals surface area contributed by atoms with Crippen molar-refractivity contribution in [2.24, 2.45) is 0 Å². The normalized spacial score (nSPS) is 11.8. The Labute approximate surface area is 331 Å². The molecule has 0 unspecified atom stereocenters. The first-order valence-electron chi connectivity index (χ1n) is 18.7. The van der Waals surface area contributed by atoms with Crippen LogP contribution in [0.25, 0.3) is 104 Å². The summed E-state index contributed by atoms with van der Waals surface area (Å²) in [5.74, 6) is 0. The van der Waals surface area contributed by atoms with E-state index in [4.69, 9.17) is 6.57 Å². The fourth-order valence-corrected chi connectivity index (χ4v) is 9.06. The predicted molar refractivity (Wildman–Crippen MR) is 227 cm³/mol. The lowest BCUT2D eigenvalue weighted by Gasteiger charge is -2.19. The van der Waals surface area contributed by atoms with Crippen LogP contribution in [0.3, 0.4) is 0 Å². The van der Waals surface area contributed by atoms with E-state index in [0.717, 1.165) is 116 Å². The van der Waals surface area contributed by atoms with Gasteiger partial charge in [-0.1, -0.05) is 66.7 Å². The zero-order valence-corrected chi connectivity index (χ0v) is 31.2. The number of alkyl halides is 3. The van der Waals surface area contributed by atoms with Gasteiger partial charge in [-0.05, 0) is 190 Å². The summed E-state index contributed by atoms with van der Waals surface area (Å²) < 4.78 is 40.4. The highest BCUT2D eigenvalue weighted by atomic mass is 19.4. The Morgan fingerprint density at radius 1 is 0.466 bits per heavy atom. The van der Waals surface area contributed by atoms with Crippen LogP contribution in [0.2, 0.25) is 0 Å². The molecule has 0 atom stereocenters. The standard InChI is InChI=1S/C52H28F3N3/c1-28-19-30(26-56)7-14-35(28)43-23-49-45(38-16-13-34(58-3)21-42(38)43)22-44(36-15-8-31(27-57)20-29(36)2)48-24-46-40-6-4-5-39-37(32-9-11-33(12-10-32)52(53,54)55)17-18-41(51(39)40)47(46)25-50(48)49/h4-25H,1-2H3. The van der Waals surface area contributed by atoms with Crippen molar-refractivity contribution >= 4 is 48.8 Å².